The van der Waals surface area contributed by atoms with Crippen molar-refractivity contribution in [1.29, 1.82) is 0 Å². The molecule has 1 N–H and O–H groups in total. The predicted octanol–water partition coefficient (Wildman–Crippen LogP) is 3.56. The van der Waals surface area contributed by atoms with Gasteiger partial charge in [0.25, 0.3) is 0 Å². The third-order valence-electron chi connectivity index (χ3n) is 3.58. The maximum atomic E-state index is 12.1. The van der Waals surface area contributed by atoms with Crippen LogP contribution >= 0.6 is 0 Å². The third kappa shape index (κ3) is 4.00. The Morgan fingerprint density at radius 3 is 2.45 bits per heavy atom. The molecule has 1 amide bonds. The van der Waals surface area contributed by atoms with E-state index in [1.165, 1.54) is 7.05 Å². The Morgan fingerprint density at radius 1 is 1.32 bits per heavy atom. The summed E-state index contributed by atoms with van der Waals surface area (Å²) in [5.74, 6) is -0.539. The number of carboxylic acid groups (broad SMARTS) is 1. The molecule has 0 bridgehead atoms. The number of likely N-dealkylation sites (N-methyl/N-ethyl adjacent to an activating group) is 1. The van der Waals surface area contributed by atoms with Crippen LogP contribution in [-0.4, -0.2) is 34.7 Å². The zero-order valence-electron chi connectivity index (χ0n) is 13.5. The van der Waals surface area contributed by atoms with E-state index < -0.39 is 23.7 Å². The normalized spacial score (nSPS) is 16.0. The highest BCUT2D eigenvalue weighted by Gasteiger charge is 2.32. The molecule has 0 heterocycles. The highest BCUT2D eigenvalue weighted by molar-refractivity contribution is 5.81. The molecule has 1 atom stereocenters. The van der Waals surface area contributed by atoms with Gasteiger partial charge in [0.05, 0.1) is 0 Å². The van der Waals surface area contributed by atoms with Gasteiger partial charge in [-0.05, 0) is 50.7 Å². The molecule has 1 saturated carbocycles. The molecule has 0 saturated heterocycles. The van der Waals surface area contributed by atoms with Crippen molar-refractivity contribution in [2.75, 3.05) is 7.05 Å². The van der Waals surface area contributed by atoms with E-state index in [1.54, 1.807) is 26.8 Å². The third-order valence-corrected chi connectivity index (χ3v) is 3.58. The predicted molar refractivity (Wildman–Crippen MR) is 82.8 cm³/mol. The molecule has 1 aliphatic carbocycles. The molecule has 5 nitrogen and oxygen atoms in total. The van der Waals surface area contributed by atoms with Gasteiger partial charge in [-0.25, -0.2) is 9.59 Å². The summed E-state index contributed by atoms with van der Waals surface area (Å²) in [6, 6.07) is 6.44. The molecule has 1 aliphatic rings. The molecule has 0 spiro atoms. The Bertz CT molecular complexity index is 572. The number of carbonyl (C=O) groups is 2. The average Bonchev–Trinajstić information content (AvgIpc) is 3.21. The van der Waals surface area contributed by atoms with E-state index in [-0.39, 0.29) is 0 Å². The van der Waals surface area contributed by atoms with Crippen molar-refractivity contribution >= 4 is 12.1 Å². The van der Waals surface area contributed by atoms with E-state index in [0.717, 1.165) is 23.3 Å². The molecule has 0 aliphatic heterocycles. The highest BCUT2D eigenvalue weighted by atomic mass is 16.6. The number of ether oxygens (including phenoxy) is 1. The molecular weight excluding hydrogens is 282 g/mol. The lowest BCUT2D eigenvalue weighted by Crippen LogP contribution is -2.39. The van der Waals surface area contributed by atoms with E-state index in [9.17, 15) is 14.7 Å². The van der Waals surface area contributed by atoms with Gasteiger partial charge in [0, 0.05) is 7.05 Å². The van der Waals surface area contributed by atoms with Gasteiger partial charge < -0.3 is 9.84 Å². The van der Waals surface area contributed by atoms with E-state index in [4.69, 9.17) is 4.74 Å². The van der Waals surface area contributed by atoms with Gasteiger partial charge in [-0.1, -0.05) is 24.3 Å². The number of nitrogens with zero attached hydrogens (tertiary/aromatic N) is 1. The fourth-order valence-corrected chi connectivity index (χ4v) is 2.37. The number of benzene rings is 1. The number of hydrogen-bond donors (Lipinski definition) is 1. The van der Waals surface area contributed by atoms with E-state index in [1.807, 2.05) is 18.2 Å². The highest BCUT2D eigenvalue weighted by Crippen LogP contribution is 2.40. The van der Waals surface area contributed by atoms with E-state index >= 15 is 0 Å². The second-order valence-corrected chi connectivity index (χ2v) is 6.78. The van der Waals surface area contributed by atoms with Crippen LogP contribution in [0.2, 0.25) is 0 Å². The lowest BCUT2D eigenvalue weighted by atomic mass is 10.0. The maximum absolute atomic E-state index is 12.1. The van der Waals surface area contributed by atoms with Gasteiger partial charge in [0.2, 0.25) is 0 Å². The minimum Gasteiger partial charge on any atom is -0.479 e. The first-order valence-electron chi connectivity index (χ1n) is 7.47. The van der Waals surface area contributed by atoms with Crippen molar-refractivity contribution in [3.63, 3.8) is 0 Å². The molecule has 120 valence electrons. The largest absolute Gasteiger partial charge is 0.479 e. The van der Waals surface area contributed by atoms with Crippen LogP contribution in [0.3, 0.4) is 0 Å². The van der Waals surface area contributed by atoms with Crippen molar-refractivity contribution in [2.45, 2.75) is 51.2 Å². The van der Waals surface area contributed by atoms with Crippen molar-refractivity contribution in [2.24, 2.45) is 0 Å². The minimum atomic E-state index is -1.07. The summed E-state index contributed by atoms with van der Waals surface area (Å²) in [5.41, 5.74) is 1.08. The second-order valence-electron chi connectivity index (χ2n) is 6.78. The molecule has 1 unspecified atom stereocenters. The standard InChI is InChI=1S/C17H23NO4/c1-17(2,3)22-16(21)18(4)14(15(19)20)13-7-5-6-12(10-13)11-8-9-11/h5-7,10-11,14H,8-9H2,1-4H3,(H,19,20). The summed E-state index contributed by atoms with van der Waals surface area (Å²) < 4.78 is 5.27. The Balaban J connectivity index is 2.24. The van der Waals surface area contributed by atoms with Crippen LogP contribution in [0.15, 0.2) is 24.3 Å². The SMILES string of the molecule is CN(C(=O)OC(C)(C)C)C(C(=O)O)c1cccc(C2CC2)c1. The van der Waals surface area contributed by atoms with Crippen LogP contribution in [0.4, 0.5) is 4.79 Å². The molecule has 2 rings (SSSR count). The average molecular weight is 305 g/mol. The van der Waals surface area contributed by atoms with Gasteiger partial charge in [0.15, 0.2) is 6.04 Å². The first-order chi connectivity index (χ1) is 10.2. The Labute approximate surface area is 130 Å². The maximum Gasteiger partial charge on any atom is 0.411 e. The Hall–Kier alpha value is -2.04. The van der Waals surface area contributed by atoms with Crippen LogP contribution in [0.5, 0.6) is 0 Å². The number of carbonyl (C=O) groups excluding carboxylic acids is 1. The minimum absolute atomic E-state index is 0.529. The first-order valence-corrected chi connectivity index (χ1v) is 7.47. The van der Waals surface area contributed by atoms with Gasteiger partial charge in [-0.2, -0.15) is 0 Å². The molecular formula is C17H23NO4. The van der Waals surface area contributed by atoms with Gasteiger partial charge in [-0.15, -0.1) is 0 Å². The summed E-state index contributed by atoms with van der Waals surface area (Å²) in [6.45, 7) is 5.26. The first kappa shape index (κ1) is 16.3. The van der Waals surface area contributed by atoms with E-state index in [0.29, 0.717) is 11.5 Å². The monoisotopic (exact) mass is 305 g/mol. The number of amides is 1. The van der Waals surface area contributed by atoms with Crippen LogP contribution in [0, 0.1) is 0 Å². The summed E-state index contributed by atoms with van der Waals surface area (Å²) >= 11 is 0. The fourth-order valence-electron chi connectivity index (χ4n) is 2.37. The van der Waals surface area contributed by atoms with Crippen molar-refractivity contribution < 1.29 is 19.4 Å². The van der Waals surface area contributed by atoms with Crippen molar-refractivity contribution in [3.8, 4) is 0 Å². The number of hydrogen-bond acceptors (Lipinski definition) is 3. The lowest BCUT2D eigenvalue weighted by Gasteiger charge is -2.29. The quantitative estimate of drug-likeness (QED) is 0.923. The van der Waals surface area contributed by atoms with Crippen LogP contribution in [-0.2, 0) is 9.53 Å². The van der Waals surface area contributed by atoms with Gasteiger partial charge in [0.1, 0.15) is 5.60 Å². The molecule has 1 aromatic rings. The zero-order chi connectivity index (χ0) is 16.5. The number of aliphatic carboxylic acids is 1. The zero-order valence-corrected chi connectivity index (χ0v) is 13.5. The van der Waals surface area contributed by atoms with Crippen molar-refractivity contribution in [1.82, 2.24) is 4.90 Å². The lowest BCUT2D eigenvalue weighted by molar-refractivity contribution is -0.142. The number of carboxylic acids is 1. The molecule has 0 radical (unpaired) electrons. The molecule has 22 heavy (non-hydrogen) atoms. The second kappa shape index (κ2) is 5.99. The smallest absolute Gasteiger partial charge is 0.411 e. The van der Waals surface area contributed by atoms with Crippen LogP contribution in [0.25, 0.3) is 0 Å². The molecule has 0 aromatic heterocycles. The fraction of sp³-hybridized carbons (Fsp3) is 0.529. The van der Waals surface area contributed by atoms with Crippen LogP contribution in [0.1, 0.15) is 56.7 Å². The summed E-state index contributed by atoms with van der Waals surface area (Å²) in [6.07, 6.45) is 1.64. The Morgan fingerprint density at radius 2 is 1.95 bits per heavy atom. The van der Waals surface area contributed by atoms with Gasteiger partial charge >= 0.3 is 12.1 Å². The Kier molecular flexibility index (Phi) is 4.44. The summed E-state index contributed by atoms with van der Waals surface area (Å²) in [7, 11) is 1.46. The molecule has 1 aromatic carbocycles. The molecule has 1 fully saturated rings. The topological polar surface area (TPSA) is 66.8 Å². The van der Waals surface area contributed by atoms with E-state index in [2.05, 4.69) is 0 Å². The summed E-state index contributed by atoms with van der Waals surface area (Å²) in [5, 5.41) is 9.54. The van der Waals surface area contributed by atoms with Gasteiger partial charge in [-0.3, -0.25) is 4.90 Å². The number of rotatable bonds is 4. The molecule has 5 heteroatoms. The van der Waals surface area contributed by atoms with Crippen molar-refractivity contribution in [3.05, 3.63) is 35.4 Å². The van der Waals surface area contributed by atoms with Crippen LogP contribution < -0.4 is 0 Å². The summed E-state index contributed by atoms with van der Waals surface area (Å²) in [4.78, 5) is 24.9.